The van der Waals surface area contributed by atoms with E-state index in [1.165, 1.54) is 18.4 Å². The van der Waals surface area contributed by atoms with Crippen molar-refractivity contribution in [3.05, 3.63) is 35.4 Å². The van der Waals surface area contributed by atoms with E-state index >= 15 is 0 Å². The molecule has 98 valence electrons. The minimum Gasteiger partial charge on any atom is -0.341 e. The highest BCUT2D eigenvalue weighted by Gasteiger charge is 2.05. The number of rotatable bonds is 8. The minimum atomic E-state index is -0.465. The van der Waals surface area contributed by atoms with Crippen LogP contribution in [0.15, 0.2) is 24.3 Å². The summed E-state index contributed by atoms with van der Waals surface area (Å²) in [7, 11) is 0. The van der Waals surface area contributed by atoms with E-state index in [2.05, 4.69) is 17.8 Å². The van der Waals surface area contributed by atoms with Gasteiger partial charge in [0.1, 0.15) is 0 Å². The largest absolute Gasteiger partial charge is 0.341 e. The van der Waals surface area contributed by atoms with Gasteiger partial charge in [-0.1, -0.05) is 44.0 Å². The Balaban J connectivity index is 2.48. The van der Waals surface area contributed by atoms with E-state index in [0.29, 0.717) is 6.41 Å². The van der Waals surface area contributed by atoms with Crippen LogP contribution < -0.4 is 5.48 Å². The molecule has 0 bridgehead atoms. The number of hydrogen-bond acceptors (Lipinski definition) is 3. The fraction of sp³-hybridized carbons (Fsp3) is 0.429. The maximum Gasteiger partial charge on any atom is 0.336 e. The van der Waals surface area contributed by atoms with Gasteiger partial charge in [-0.3, -0.25) is 4.79 Å². The molecule has 0 aliphatic rings. The van der Waals surface area contributed by atoms with Crippen molar-refractivity contribution in [2.45, 2.75) is 39.0 Å². The molecule has 4 heteroatoms. The van der Waals surface area contributed by atoms with E-state index in [1.807, 2.05) is 23.7 Å². The van der Waals surface area contributed by atoms with Crippen molar-refractivity contribution in [2.75, 3.05) is 0 Å². The molecule has 1 N–H and O–H groups in total. The number of benzene rings is 1. The molecule has 1 aromatic rings. The fourth-order valence-corrected chi connectivity index (χ4v) is 1.77. The van der Waals surface area contributed by atoms with Crippen LogP contribution in [0.2, 0.25) is 0 Å². The average molecular weight is 249 g/mol. The van der Waals surface area contributed by atoms with Gasteiger partial charge in [0, 0.05) is 0 Å². The third-order valence-electron chi connectivity index (χ3n) is 2.63. The van der Waals surface area contributed by atoms with E-state index in [0.717, 1.165) is 18.4 Å². The normalized spacial score (nSPS) is 9.83. The standard InChI is InChI=1S/C14H19NO3/c1-2-3-4-6-12-7-5-8-13(9-12)10-14(17)18-15-11-16/h5,7-9,11H,2-4,6,10H2,1H3,(H,15,16). The van der Waals surface area contributed by atoms with Gasteiger partial charge < -0.3 is 4.84 Å². The van der Waals surface area contributed by atoms with Gasteiger partial charge in [-0.2, -0.15) is 5.48 Å². The molecule has 0 aliphatic heterocycles. The summed E-state index contributed by atoms with van der Waals surface area (Å²) in [6.07, 6.45) is 5.11. The van der Waals surface area contributed by atoms with E-state index in [9.17, 15) is 9.59 Å². The van der Waals surface area contributed by atoms with Crippen LogP contribution in [0.25, 0.3) is 0 Å². The summed E-state index contributed by atoms with van der Waals surface area (Å²) in [6.45, 7) is 2.17. The van der Waals surface area contributed by atoms with Crippen LogP contribution >= 0.6 is 0 Å². The van der Waals surface area contributed by atoms with Gasteiger partial charge in [0.05, 0.1) is 6.42 Å². The van der Waals surface area contributed by atoms with Gasteiger partial charge in [-0.25, -0.2) is 4.79 Å². The number of unbranched alkanes of at least 4 members (excludes halogenated alkanes) is 2. The molecule has 1 aromatic carbocycles. The van der Waals surface area contributed by atoms with E-state index in [4.69, 9.17) is 0 Å². The predicted molar refractivity (Wildman–Crippen MR) is 68.7 cm³/mol. The van der Waals surface area contributed by atoms with Crippen molar-refractivity contribution < 1.29 is 14.4 Å². The number of hydroxylamine groups is 1. The summed E-state index contributed by atoms with van der Waals surface area (Å²) in [4.78, 5) is 25.8. The third kappa shape index (κ3) is 5.48. The molecular formula is C14H19NO3. The van der Waals surface area contributed by atoms with Crippen LogP contribution in [-0.4, -0.2) is 12.4 Å². The highest BCUT2D eigenvalue weighted by molar-refractivity contribution is 5.73. The van der Waals surface area contributed by atoms with Crippen LogP contribution in [0, 0.1) is 0 Å². The second-order valence-corrected chi connectivity index (χ2v) is 4.16. The fourth-order valence-electron chi connectivity index (χ4n) is 1.77. The Kier molecular flexibility index (Phi) is 6.54. The number of amides is 1. The zero-order valence-corrected chi connectivity index (χ0v) is 10.6. The lowest BCUT2D eigenvalue weighted by molar-refractivity contribution is -0.153. The van der Waals surface area contributed by atoms with E-state index < -0.39 is 5.97 Å². The van der Waals surface area contributed by atoms with Crippen molar-refractivity contribution in [1.82, 2.24) is 5.48 Å². The van der Waals surface area contributed by atoms with Gasteiger partial charge in [0.15, 0.2) is 0 Å². The van der Waals surface area contributed by atoms with Crippen molar-refractivity contribution in [3.8, 4) is 0 Å². The lowest BCUT2D eigenvalue weighted by atomic mass is 10.0. The highest BCUT2D eigenvalue weighted by Crippen LogP contribution is 2.10. The topological polar surface area (TPSA) is 55.4 Å². The third-order valence-corrected chi connectivity index (χ3v) is 2.63. The molecule has 0 radical (unpaired) electrons. The summed E-state index contributed by atoms with van der Waals surface area (Å²) in [5.41, 5.74) is 4.03. The Bertz CT molecular complexity index is 390. The number of carbonyl (C=O) groups excluding carboxylic acids is 2. The lowest BCUT2D eigenvalue weighted by Crippen LogP contribution is -2.19. The zero-order chi connectivity index (χ0) is 13.2. The van der Waals surface area contributed by atoms with Crippen LogP contribution in [-0.2, 0) is 27.3 Å². The van der Waals surface area contributed by atoms with Crippen molar-refractivity contribution in [3.63, 3.8) is 0 Å². The average Bonchev–Trinajstić information content (AvgIpc) is 2.37. The van der Waals surface area contributed by atoms with Gasteiger partial charge in [-0.15, -0.1) is 0 Å². The van der Waals surface area contributed by atoms with Gasteiger partial charge in [0.2, 0.25) is 6.41 Å². The molecule has 0 spiro atoms. The zero-order valence-electron chi connectivity index (χ0n) is 10.6. The Morgan fingerprint density at radius 2 is 2.11 bits per heavy atom. The number of hydrogen-bond donors (Lipinski definition) is 1. The molecule has 1 amide bonds. The number of carbonyl (C=O) groups is 2. The van der Waals surface area contributed by atoms with E-state index in [1.54, 1.807) is 0 Å². The van der Waals surface area contributed by atoms with Crippen LogP contribution in [0.4, 0.5) is 0 Å². The summed E-state index contributed by atoms with van der Waals surface area (Å²) >= 11 is 0. The second-order valence-electron chi connectivity index (χ2n) is 4.16. The Morgan fingerprint density at radius 3 is 2.83 bits per heavy atom. The number of nitrogens with one attached hydrogen (secondary N) is 1. The predicted octanol–water partition coefficient (Wildman–Crippen LogP) is 2.17. The quantitative estimate of drug-likeness (QED) is 0.436. The molecule has 4 nitrogen and oxygen atoms in total. The van der Waals surface area contributed by atoms with Crippen molar-refractivity contribution in [1.29, 1.82) is 0 Å². The van der Waals surface area contributed by atoms with Gasteiger partial charge >= 0.3 is 5.97 Å². The summed E-state index contributed by atoms with van der Waals surface area (Å²) in [6, 6.07) is 7.90. The summed E-state index contributed by atoms with van der Waals surface area (Å²) < 4.78 is 0. The Morgan fingerprint density at radius 1 is 1.33 bits per heavy atom. The first-order valence-corrected chi connectivity index (χ1v) is 6.23. The molecule has 0 heterocycles. The Hall–Kier alpha value is -1.84. The second kappa shape index (κ2) is 8.28. The molecule has 0 saturated carbocycles. The summed E-state index contributed by atoms with van der Waals surface area (Å²) in [5, 5.41) is 0. The highest BCUT2D eigenvalue weighted by atomic mass is 16.7. The van der Waals surface area contributed by atoms with Crippen LogP contribution in [0.5, 0.6) is 0 Å². The molecule has 0 fully saturated rings. The molecule has 0 aliphatic carbocycles. The molecule has 0 aromatic heterocycles. The smallest absolute Gasteiger partial charge is 0.336 e. The monoisotopic (exact) mass is 249 g/mol. The maximum absolute atomic E-state index is 11.3. The first-order valence-electron chi connectivity index (χ1n) is 6.23. The minimum absolute atomic E-state index is 0.169. The summed E-state index contributed by atoms with van der Waals surface area (Å²) in [5.74, 6) is -0.465. The first kappa shape index (κ1) is 14.2. The van der Waals surface area contributed by atoms with Crippen molar-refractivity contribution in [2.24, 2.45) is 0 Å². The number of aryl methyl sites for hydroxylation is 1. The molecule has 0 unspecified atom stereocenters. The van der Waals surface area contributed by atoms with Gasteiger partial charge in [-0.05, 0) is 24.0 Å². The van der Waals surface area contributed by atoms with E-state index in [-0.39, 0.29) is 6.42 Å². The van der Waals surface area contributed by atoms with Crippen LogP contribution in [0.3, 0.4) is 0 Å². The van der Waals surface area contributed by atoms with Crippen molar-refractivity contribution >= 4 is 12.4 Å². The molecular weight excluding hydrogens is 230 g/mol. The molecule has 0 saturated heterocycles. The molecule has 0 atom stereocenters. The lowest BCUT2D eigenvalue weighted by Gasteiger charge is -2.05. The Labute approximate surface area is 107 Å². The first-order chi connectivity index (χ1) is 8.76. The SMILES string of the molecule is CCCCCc1cccc(CC(=O)ONC=O)c1. The molecule has 1 rings (SSSR count). The van der Waals surface area contributed by atoms with Gasteiger partial charge in [0.25, 0.3) is 0 Å². The van der Waals surface area contributed by atoms with Crippen LogP contribution in [0.1, 0.15) is 37.3 Å². The maximum atomic E-state index is 11.3. The molecule has 18 heavy (non-hydrogen) atoms.